The van der Waals surface area contributed by atoms with Crippen LogP contribution in [-0.4, -0.2) is 30.6 Å². The number of pyridine rings is 1. The fourth-order valence-corrected chi connectivity index (χ4v) is 2.45. The summed E-state index contributed by atoms with van der Waals surface area (Å²) in [6, 6.07) is 10.2. The van der Waals surface area contributed by atoms with E-state index in [0.717, 1.165) is 0 Å². The summed E-state index contributed by atoms with van der Waals surface area (Å²) in [5.41, 5.74) is 1.26. The van der Waals surface area contributed by atoms with Crippen LogP contribution in [0.1, 0.15) is 33.4 Å². The van der Waals surface area contributed by atoms with Crippen molar-refractivity contribution in [1.29, 1.82) is 0 Å². The lowest BCUT2D eigenvalue weighted by Crippen LogP contribution is -2.10. The maximum absolute atomic E-state index is 12.2. The molecule has 2 aromatic heterocycles. The van der Waals surface area contributed by atoms with E-state index in [1.807, 2.05) is 6.07 Å². The van der Waals surface area contributed by atoms with Crippen molar-refractivity contribution >= 4 is 22.9 Å². The molecule has 3 rings (SSSR count). The summed E-state index contributed by atoms with van der Waals surface area (Å²) in [4.78, 5) is 28.3. The Morgan fingerprint density at radius 1 is 1.08 bits per heavy atom. The molecule has 3 aromatic rings. The van der Waals surface area contributed by atoms with Crippen molar-refractivity contribution in [3.05, 3.63) is 59.5 Å². The van der Waals surface area contributed by atoms with Gasteiger partial charge >= 0.3 is 11.9 Å². The highest BCUT2D eigenvalue weighted by Gasteiger charge is 2.23. The number of benzene rings is 1. The smallest absolute Gasteiger partial charge is 0.374 e. The zero-order chi connectivity index (χ0) is 18.5. The van der Waals surface area contributed by atoms with E-state index in [1.165, 1.54) is 13.3 Å². The molecule has 1 aromatic carbocycles. The molecule has 0 saturated heterocycles. The molecule has 7 nitrogen and oxygen atoms in total. The minimum atomic E-state index is -0.596. The van der Waals surface area contributed by atoms with Crippen LogP contribution in [0, 0.1) is 0 Å². The van der Waals surface area contributed by atoms with Crippen LogP contribution >= 0.6 is 0 Å². The highest BCUT2D eigenvalue weighted by Crippen LogP contribution is 2.27. The molecule has 7 heteroatoms. The van der Waals surface area contributed by atoms with Gasteiger partial charge in [-0.1, -0.05) is 18.2 Å². The summed E-state index contributed by atoms with van der Waals surface area (Å²) < 4.78 is 20.9. The summed E-state index contributed by atoms with van der Waals surface area (Å²) in [6.07, 6.45) is 1.36. The molecule has 0 amide bonds. The van der Waals surface area contributed by atoms with Crippen molar-refractivity contribution in [3.63, 3.8) is 0 Å². The van der Waals surface area contributed by atoms with Gasteiger partial charge in [-0.25, -0.2) is 14.6 Å². The number of fused-ring (bicyclic) bond motifs is 1. The highest BCUT2D eigenvalue weighted by atomic mass is 16.5. The molecular formula is C19H17NO6. The summed E-state index contributed by atoms with van der Waals surface area (Å²) in [6.45, 7) is 1.79. The van der Waals surface area contributed by atoms with Crippen LogP contribution in [0.3, 0.4) is 0 Å². The molecule has 2 heterocycles. The molecule has 26 heavy (non-hydrogen) atoms. The molecule has 0 radical (unpaired) electrons. The third-order valence-corrected chi connectivity index (χ3v) is 3.69. The van der Waals surface area contributed by atoms with Gasteiger partial charge < -0.3 is 18.6 Å². The van der Waals surface area contributed by atoms with E-state index in [0.29, 0.717) is 22.4 Å². The molecule has 134 valence electrons. The topological polar surface area (TPSA) is 87.9 Å². The summed E-state index contributed by atoms with van der Waals surface area (Å²) in [5, 5.41) is 0.691. The van der Waals surface area contributed by atoms with Gasteiger partial charge in [0.1, 0.15) is 12.2 Å². The fourth-order valence-electron chi connectivity index (χ4n) is 2.45. The van der Waals surface area contributed by atoms with E-state index < -0.39 is 11.9 Å². The van der Waals surface area contributed by atoms with Crippen molar-refractivity contribution in [2.45, 2.75) is 13.5 Å². The van der Waals surface area contributed by atoms with Gasteiger partial charge in [0.25, 0.3) is 0 Å². The zero-order valence-electron chi connectivity index (χ0n) is 14.4. The summed E-state index contributed by atoms with van der Waals surface area (Å²) in [7, 11) is 1.49. The van der Waals surface area contributed by atoms with Crippen LogP contribution in [0.2, 0.25) is 0 Å². The Labute approximate surface area is 149 Å². The van der Waals surface area contributed by atoms with Crippen molar-refractivity contribution in [1.82, 2.24) is 4.98 Å². The number of furan rings is 1. The quantitative estimate of drug-likeness (QED) is 0.626. The Hall–Kier alpha value is -3.35. The summed E-state index contributed by atoms with van der Waals surface area (Å²) in [5.74, 6) is -0.734. The first-order chi connectivity index (χ1) is 12.6. The van der Waals surface area contributed by atoms with E-state index in [4.69, 9.17) is 18.6 Å². The van der Waals surface area contributed by atoms with Gasteiger partial charge in [0.2, 0.25) is 11.6 Å². The average molecular weight is 355 g/mol. The first-order valence-electron chi connectivity index (χ1n) is 7.98. The molecule has 0 aliphatic rings. The number of esters is 2. The van der Waals surface area contributed by atoms with E-state index in [1.54, 1.807) is 37.3 Å². The largest absolute Gasteiger partial charge is 0.481 e. The highest BCUT2D eigenvalue weighted by molar-refractivity contribution is 5.96. The number of carbonyl (C=O) groups excluding carboxylic acids is 2. The van der Waals surface area contributed by atoms with Crippen molar-refractivity contribution < 1.29 is 28.2 Å². The van der Waals surface area contributed by atoms with Gasteiger partial charge in [0.05, 0.1) is 24.8 Å². The Morgan fingerprint density at radius 2 is 1.88 bits per heavy atom. The predicted octanol–water partition coefficient (Wildman–Crippen LogP) is 3.37. The second-order valence-electron chi connectivity index (χ2n) is 5.29. The molecular weight excluding hydrogens is 338 g/mol. The number of nitrogens with zero attached hydrogens (tertiary/aromatic N) is 1. The van der Waals surface area contributed by atoms with Gasteiger partial charge in [-0.05, 0) is 19.1 Å². The Morgan fingerprint density at radius 3 is 2.58 bits per heavy atom. The van der Waals surface area contributed by atoms with Crippen LogP contribution in [0.4, 0.5) is 0 Å². The standard InChI is InChI=1S/C19H17NO6/c1-3-24-19(22)17-14(13-6-4-5-7-15(13)26-17)11-25-18(21)12-8-9-16(23-2)20-10-12/h4-10H,3,11H2,1-2H3. The number of rotatable bonds is 6. The SMILES string of the molecule is CCOC(=O)c1oc2ccccc2c1COC(=O)c1ccc(OC)nc1. The normalized spacial score (nSPS) is 10.5. The Kier molecular flexibility index (Phi) is 5.17. The van der Waals surface area contributed by atoms with Crippen LogP contribution in [0.15, 0.2) is 47.0 Å². The maximum Gasteiger partial charge on any atom is 0.374 e. The lowest BCUT2D eigenvalue weighted by molar-refractivity contribution is 0.0435. The Bertz CT molecular complexity index is 929. The Balaban J connectivity index is 1.83. The maximum atomic E-state index is 12.2. The number of ether oxygens (including phenoxy) is 3. The number of aromatic nitrogens is 1. The predicted molar refractivity (Wildman–Crippen MR) is 92.1 cm³/mol. The molecule has 0 saturated carbocycles. The molecule has 0 aliphatic carbocycles. The van der Waals surface area contributed by atoms with Gasteiger partial charge in [0, 0.05) is 17.6 Å². The third-order valence-electron chi connectivity index (χ3n) is 3.69. The first-order valence-corrected chi connectivity index (χ1v) is 7.98. The van der Waals surface area contributed by atoms with Crippen LogP contribution < -0.4 is 4.74 Å². The minimum absolute atomic E-state index is 0.0358. The van der Waals surface area contributed by atoms with Gasteiger partial charge in [-0.2, -0.15) is 0 Å². The molecule has 0 atom stereocenters. The van der Waals surface area contributed by atoms with Gasteiger partial charge in [0.15, 0.2) is 0 Å². The van der Waals surface area contributed by atoms with Gasteiger partial charge in [-0.3, -0.25) is 0 Å². The first kappa shape index (κ1) is 17.5. The number of hydrogen-bond acceptors (Lipinski definition) is 7. The van der Waals surface area contributed by atoms with Crippen molar-refractivity contribution in [2.24, 2.45) is 0 Å². The van der Waals surface area contributed by atoms with E-state index >= 15 is 0 Å². The minimum Gasteiger partial charge on any atom is -0.481 e. The number of methoxy groups -OCH3 is 1. The molecule has 0 fully saturated rings. The monoisotopic (exact) mass is 355 g/mol. The van der Waals surface area contributed by atoms with Crippen LogP contribution in [0.5, 0.6) is 5.88 Å². The number of hydrogen-bond donors (Lipinski definition) is 0. The van der Waals surface area contributed by atoms with Crippen LogP contribution in [-0.2, 0) is 16.1 Å². The molecule has 0 spiro atoms. The lowest BCUT2D eigenvalue weighted by Gasteiger charge is -2.06. The molecule has 0 bridgehead atoms. The molecule has 0 aliphatic heterocycles. The van der Waals surface area contributed by atoms with Crippen LogP contribution in [0.25, 0.3) is 11.0 Å². The number of carbonyl (C=O) groups is 2. The van der Waals surface area contributed by atoms with Crippen molar-refractivity contribution in [2.75, 3.05) is 13.7 Å². The lowest BCUT2D eigenvalue weighted by atomic mass is 10.1. The fraction of sp³-hybridized carbons (Fsp3) is 0.211. The average Bonchev–Trinajstić information content (AvgIpc) is 3.05. The number of para-hydroxylation sites is 1. The van der Waals surface area contributed by atoms with Crippen molar-refractivity contribution in [3.8, 4) is 5.88 Å². The van der Waals surface area contributed by atoms with Gasteiger partial charge in [-0.15, -0.1) is 0 Å². The molecule has 0 unspecified atom stereocenters. The third kappa shape index (κ3) is 3.51. The second-order valence-corrected chi connectivity index (χ2v) is 5.29. The zero-order valence-corrected chi connectivity index (χ0v) is 14.4. The molecule has 0 N–H and O–H groups in total. The van der Waals surface area contributed by atoms with E-state index in [-0.39, 0.29) is 24.5 Å². The van der Waals surface area contributed by atoms with E-state index in [2.05, 4.69) is 4.98 Å². The van der Waals surface area contributed by atoms with E-state index in [9.17, 15) is 9.59 Å². The second kappa shape index (κ2) is 7.69. The summed E-state index contributed by atoms with van der Waals surface area (Å²) >= 11 is 0.